The molecule has 3 heteroatoms. The lowest BCUT2D eigenvalue weighted by atomic mass is 10.0. The molecule has 0 radical (unpaired) electrons. The Bertz CT molecular complexity index is 463. The number of hydrogen-bond acceptors (Lipinski definition) is 3. The molecule has 0 saturated carbocycles. The monoisotopic (exact) mass is 260 g/mol. The second kappa shape index (κ2) is 7.10. The molecule has 0 spiro atoms. The maximum Gasteiger partial charge on any atom is 0.155 e. The molecule has 102 valence electrons. The van der Waals surface area contributed by atoms with Crippen LogP contribution in [0.15, 0.2) is 30.3 Å². The van der Waals surface area contributed by atoms with Crippen LogP contribution < -0.4 is 4.74 Å². The first-order valence-corrected chi connectivity index (χ1v) is 6.76. The van der Waals surface area contributed by atoms with Crippen LogP contribution >= 0.6 is 0 Å². The van der Waals surface area contributed by atoms with E-state index in [0.29, 0.717) is 19.6 Å². The summed E-state index contributed by atoms with van der Waals surface area (Å²) in [4.78, 5) is 11.7. The lowest BCUT2D eigenvalue weighted by molar-refractivity contribution is -0.114. The summed E-state index contributed by atoms with van der Waals surface area (Å²) in [5, 5.41) is 0. The highest BCUT2D eigenvalue weighted by molar-refractivity contribution is 5.97. The Morgan fingerprint density at radius 3 is 2.74 bits per heavy atom. The van der Waals surface area contributed by atoms with Crippen LogP contribution in [0.3, 0.4) is 0 Å². The minimum atomic E-state index is 0.221. The largest absolute Gasteiger partial charge is 0.491 e. The Hall–Kier alpha value is -1.61. The third-order valence-electron chi connectivity index (χ3n) is 3.23. The van der Waals surface area contributed by atoms with Crippen LogP contribution in [-0.4, -0.2) is 26.1 Å². The minimum Gasteiger partial charge on any atom is -0.491 e. The van der Waals surface area contributed by atoms with E-state index in [0.717, 1.165) is 36.1 Å². The Morgan fingerprint density at radius 1 is 1.11 bits per heavy atom. The second-order valence-electron chi connectivity index (χ2n) is 4.68. The molecule has 0 bridgehead atoms. The standard InChI is InChI=1S/C16H20O3/c1-18-10-11-19-16-9-5-4-8-15(16)13-6-2-3-7-14(17)12-13/h4-5,8-9,12H,2-3,6-7,10-11H2,1H3. The second-order valence-corrected chi connectivity index (χ2v) is 4.68. The molecular formula is C16H20O3. The van der Waals surface area contributed by atoms with Crippen LogP contribution in [-0.2, 0) is 9.53 Å². The van der Waals surface area contributed by atoms with Crippen molar-refractivity contribution in [1.82, 2.24) is 0 Å². The number of allylic oxidation sites excluding steroid dienone is 2. The quantitative estimate of drug-likeness (QED) is 0.762. The summed E-state index contributed by atoms with van der Waals surface area (Å²) in [5.74, 6) is 1.06. The van der Waals surface area contributed by atoms with E-state index in [1.165, 1.54) is 0 Å². The topological polar surface area (TPSA) is 35.5 Å². The molecule has 2 rings (SSSR count). The molecule has 1 aromatic rings. The zero-order valence-corrected chi connectivity index (χ0v) is 11.4. The van der Waals surface area contributed by atoms with Crippen molar-refractivity contribution in [2.75, 3.05) is 20.3 Å². The molecule has 19 heavy (non-hydrogen) atoms. The molecular weight excluding hydrogens is 240 g/mol. The smallest absolute Gasteiger partial charge is 0.155 e. The summed E-state index contributed by atoms with van der Waals surface area (Å²) in [6, 6.07) is 7.90. The number of rotatable bonds is 5. The van der Waals surface area contributed by atoms with Crippen LogP contribution in [0.5, 0.6) is 5.75 Å². The predicted molar refractivity (Wildman–Crippen MR) is 75.3 cm³/mol. The van der Waals surface area contributed by atoms with Crippen molar-refractivity contribution in [3.63, 3.8) is 0 Å². The maximum absolute atomic E-state index is 11.7. The van der Waals surface area contributed by atoms with Crippen molar-refractivity contribution in [1.29, 1.82) is 0 Å². The van der Waals surface area contributed by atoms with Crippen molar-refractivity contribution in [2.24, 2.45) is 0 Å². The molecule has 0 aromatic heterocycles. The molecule has 1 aliphatic rings. The van der Waals surface area contributed by atoms with Crippen LogP contribution in [0.2, 0.25) is 0 Å². The van der Waals surface area contributed by atoms with E-state index in [9.17, 15) is 4.79 Å². The number of hydrogen-bond donors (Lipinski definition) is 0. The molecule has 0 saturated heterocycles. The van der Waals surface area contributed by atoms with Crippen molar-refractivity contribution >= 4 is 11.4 Å². The van der Waals surface area contributed by atoms with Gasteiger partial charge in [-0.1, -0.05) is 18.2 Å². The number of ketones is 1. The van der Waals surface area contributed by atoms with Crippen LogP contribution in [0.4, 0.5) is 0 Å². The minimum absolute atomic E-state index is 0.221. The first-order valence-electron chi connectivity index (χ1n) is 6.76. The van der Waals surface area contributed by atoms with Gasteiger partial charge in [0, 0.05) is 19.1 Å². The van der Waals surface area contributed by atoms with Gasteiger partial charge in [-0.2, -0.15) is 0 Å². The van der Waals surface area contributed by atoms with Gasteiger partial charge < -0.3 is 9.47 Å². The number of methoxy groups -OCH3 is 1. The summed E-state index contributed by atoms with van der Waals surface area (Å²) < 4.78 is 10.7. The summed E-state index contributed by atoms with van der Waals surface area (Å²) >= 11 is 0. The summed E-state index contributed by atoms with van der Waals surface area (Å²) in [7, 11) is 1.65. The summed E-state index contributed by atoms with van der Waals surface area (Å²) in [5.41, 5.74) is 2.13. The van der Waals surface area contributed by atoms with Gasteiger partial charge in [0.2, 0.25) is 0 Å². The summed E-state index contributed by atoms with van der Waals surface area (Å²) in [6.45, 7) is 1.08. The fourth-order valence-electron chi connectivity index (χ4n) is 2.26. The molecule has 3 nitrogen and oxygen atoms in total. The fraction of sp³-hybridized carbons (Fsp3) is 0.438. The number of carbonyl (C=O) groups is 1. The number of para-hydroxylation sites is 1. The lowest BCUT2D eigenvalue weighted by Gasteiger charge is -2.13. The zero-order chi connectivity index (χ0) is 13.5. The van der Waals surface area contributed by atoms with Crippen LogP contribution in [0.1, 0.15) is 31.2 Å². The van der Waals surface area contributed by atoms with Gasteiger partial charge >= 0.3 is 0 Å². The van der Waals surface area contributed by atoms with Gasteiger partial charge in [-0.05, 0) is 37.0 Å². The van der Waals surface area contributed by atoms with Crippen molar-refractivity contribution in [3.05, 3.63) is 35.9 Å². The SMILES string of the molecule is COCCOc1ccccc1C1=CC(=O)CCCC1. The third-order valence-corrected chi connectivity index (χ3v) is 3.23. The van der Waals surface area contributed by atoms with Crippen LogP contribution in [0, 0.1) is 0 Å². The first-order chi connectivity index (χ1) is 9.31. The van der Waals surface area contributed by atoms with E-state index >= 15 is 0 Å². The van der Waals surface area contributed by atoms with Crippen LogP contribution in [0.25, 0.3) is 5.57 Å². The molecule has 1 aromatic carbocycles. The van der Waals surface area contributed by atoms with E-state index < -0.39 is 0 Å². The molecule has 0 N–H and O–H groups in total. The number of carbonyl (C=O) groups excluding carboxylic acids is 1. The average molecular weight is 260 g/mol. The van der Waals surface area contributed by atoms with Gasteiger partial charge in [0.15, 0.2) is 5.78 Å². The molecule has 0 atom stereocenters. The van der Waals surface area contributed by atoms with Gasteiger partial charge in [-0.3, -0.25) is 4.79 Å². The Balaban J connectivity index is 2.20. The highest BCUT2D eigenvalue weighted by Crippen LogP contribution is 2.31. The third kappa shape index (κ3) is 3.93. The van der Waals surface area contributed by atoms with Crippen molar-refractivity contribution in [3.8, 4) is 5.75 Å². The van der Waals surface area contributed by atoms with Gasteiger partial charge in [-0.25, -0.2) is 0 Å². The summed E-state index contributed by atoms with van der Waals surface area (Å²) in [6.07, 6.45) is 5.42. The van der Waals surface area contributed by atoms with E-state index in [1.807, 2.05) is 24.3 Å². The molecule has 0 aliphatic heterocycles. The number of benzene rings is 1. The number of ether oxygens (including phenoxy) is 2. The Labute approximate surface area is 114 Å². The van der Waals surface area contributed by atoms with E-state index in [-0.39, 0.29) is 5.78 Å². The molecule has 0 heterocycles. The highest BCUT2D eigenvalue weighted by Gasteiger charge is 2.13. The molecule has 0 fully saturated rings. The highest BCUT2D eigenvalue weighted by atomic mass is 16.5. The Morgan fingerprint density at radius 2 is 1.89 bits per heavy atom. The molecule has 0 unspecified atom stereocenters. The zero-order valence-electron chi connectivity index (χ0n) is 11.4. The van der Waals surface area contributed by atoms with Gasteiger partial charge in [0.1, 0.15) is 12.4 Å². The first kappa shape index (κ1) is 13.8. The molecule has 1 aliphatic carbocycles. The van der Waals surface area contributed by atoms with Crippen molar-refractivity contribution in [2.45, 2.75) is 25.7 Å². The van der Waals surface area contributed by atoms with E-state index in [1.54, 1.807) is 13.2 Å². The van der Waals surface area contributed by atoms with Crippen molar-refractivity contribution < 1.29 is 14.3 Å². The lowest BCUT2D eigenvalue weighted by Crippen LogP contribution is -2.05. The van der Waals surface area contributed by atoms with E-state index in [2.05, 4.69) is 0 Å². The Kier molecular flexibility index (Phi) is 5.16. The molecule has 0 amide bonds. The fourth-order valence-corrected chi connectivity index (χ4v) is 2.26. The van der Waals surface area contributed by atoms with Gasteiger partial charge in [0.25, 0.3) is 0 Å². The normalized spacial score (nSPS) is 15.8. The maximum atomic E-state index is 11.7. The van der Waals surface area contributed by atoms with Gasteiger partial charge in [-0.15, -0.1) is 0 Å². The average Bonchev–Trinajstić information content (AvgIpc) is 2.64. The predicted octanol–water partition coefficient (Wildman–Crippen LogP) is 3.24. The van der Waals surface area contributed by atoms with Gasteiger partial charge in [0.05, 0.1) is 6.61 Å². The van der Waals surface area contributed by atoms with E-state index in [4.69, 9.17) is 9.47 Å².